The molecule has 4 atom stereocenters. The molecule has 1 aliphatic heterocycles. The molecule has 0 aromatic heterocycles. The molecular formula is C11H8N4O. The number of hydrogen-bond acceptors (Lipinski definition) is 4. The van der Waals surface area contributed by atoms with Gasteiger partial charge in [-0.25, -0.2) is 0 Å². The van der Waals surface area contributed by atoms with Crippen molar-refractivity contribution in [1.82, 2.24) is 0 Å². The highest BCUT2D eigenvalue weighted by Crippen LogP contribution is 2.66. The summed E-state index contributed by atoms with van der Waals surface area (Å²) in [6.07, 6.45) is 4.36. The molecule has 2 bridgehead atoms. The van der Waals surface area contributed by atoms with E-state index in [1.54, 1.807) is 0 Å². The SMILES string of the molecule is N#C[C@@]12C(=O)N=C(N)[C@]1(C#N)[C@H]1C=C[C@@H]2C1. The summed E-state index contributed by atoms with van der Waals surface area (Å²) in [6, 6.07) is 4.12. The normalized spacial score (nSPS) is 47.4. The summed E-state index contributed by atoms with van der Waals surface area (Å²) in [6.45, 7) is 0. The summed E-state index contributed by atoms with van der Waals surface area (Å²) >= 11 is 0. The standard InChI is InChI=1S/C11H8N4O/c12-4-10-6-1-2-7(3-6)11(10,5-13)9(16)15-8(10)14/h1-2,6-7H,3H2,(H2,14,15,16)/t6-,7+,10-,11+/m0/s1. The van der Waals surface area contributed by atoms with Crippen LogP contribution < -0.4 is 5.73 Å². The van der Waals surface area contributed by atoms with Crippen LogP contribution in [-0.2, 0) is 4.79 Å². The van der Waals surface area contributed by atoms with E-state index in [4.69, 9.17) is 5.73 Å². The van der Waals surface area contributed by atoms with E-state index in [2.05, 4.69) is 11.1 Å². The number of aliphatic imine (C=N–C) groups is 1. The van der Waals surface area contributed by atoms with E-state index in [0.29, 0.717) is 6.42 Å². The predicted molar refractivity (Wildman–Crippen MR) is 53.5 cm³/mol. The zero-order chi connectivity index (χ0) is 11.6. The maximum Gasteiger partial charge on any atom is 0.270 e. The Morgan fingerprint density at radius 3 is 2.38 bits per heavy atom. The van der Waals surface area contributed by atoms with Gasteiger partial charge in [-0.3, -0.25) is 4.79 Å². The van der Waals surface area contributed by atoms with Crippen molar-refractivity contribution in [3.8, 4) is 12.1 Å². The fraction of sp³-hybridized carbons (Fsp3) is 0.455. The summed E-state index contributed by atoms with van der Waals surface area (Å²) in [5, 5.41) is 18.7. The zero-order valence-corrected chi connectivity index (χ0v) is 8.34. The Labute approximate surface area is 91.9 Å². The maximum absolute atomic E-state index is 11.9. The van der Waals surface area contributed by atoms with Crippen LogP contribution in [0.15, 0.2) is 17.1 Å². The molecule has 2 N–H and O–H groups in total. The number of hydrogen-bond donors (Lipinski definition) is 1. The Morgan fingerprint density at radius 2 is 1.88 bits per heavy atom. The average molecular weight is 212 g/mol. The number of rotatable bonds is 0. The lowest BCUT2D eigenvalue weighted by Gasteiger charge is -2.34. The van der Waals surface area contributed by atoms with E-state index in [1.807, 2.05) is 18.2 Å². The molecule has 2 aliphatic carbocycles. The number of nitriles is 2. The molecule has 5 nitrogen and oxygen atoms in total. The lowest BCUT2D eigenvalue weighted by Crippen LogP contribution is -2.50. The van der Waals surface area contributed by atoms with Gasteiger partial charge in [0.05, 0.1) is 12.1 Å². The Bertz CT molecular complexity index is 549. The van der Waals surface area contributed by atoms with Crippen LogP contribution in [-0.4, -0.2) is 11.7 Å². The smallest absolute Gasteiger partial charge is 0.270 e. The number of carbonyl (C=O) groups is 1. The highest BCUT2D eigenvalue weighted by atomic mass is 16.2. The van der Waals surface area contributed by atoms with E-state index in [9.17, 15) is 15.3 Å². The van der Waals surface area contributed by atoms with Crippen LogP contribution in [0.4, 0.5) is 0 Å². The second-order valence-electron chi connectivity index (χ2n) is 4.48. The van der Waals surface area contributed by atoms with Crippen LogP contribution in [0.5, 0.6) is 0 Å². The minimum Gasteiger partial charge on any atom is -0.386 e. The van der Waals surface area contributed by atoms with Crippen LogP contribution in [0.1, 0.15) is 6.42 Å². The maximum atomic E-state index is 11.9. The van der Waals surface area contributed by atoms with Crippen molar-refractivity contribution < 1.29 is 4.79 Å². The Morgan fingerprint density at radius 1 is 1.31 bits per heavy atom. The lowest BCUT2D eigenvalue weighted by atomic mass is 9.60. The van der Waals surface area contributed by atoms with Gasteiger partial charge in [-0.15, -0.1) is 0 Å². The third-order valence-electron chi connectivity index (χ3n) is 4.13. The van der Waals surface area contributed by atoms with Crippen LogP contribution in [0.25, 0.3) is 0 Å². The topological polar surface area (TPSA) is 103 Å². The molecule has 0 saturated heterocycles. The van der Waals surface area contributed by atoms with Crippen molar-refractivity contribution >= 4 is 11.7 Å². The van der Waals surface area contributed by atoms with E-state index in [1.165, 1.54) is 0 Å². The Kier molecular flexibility index (Phi) is 1.33. The monoisotopic (exact) mass is 212 g/mol. The van der Waals surface area contributed by atoms with Crippen LogP contribution in [0, 0.1) is 45.3 Å². The molecule has 16 heavy (non-hydrogen) atoms. The first-order valence-electron chi connectivity index (χ1n) is 5.03. The minimum atomic E-state index is -1.37. The quantitative estimate of drug-likeness (QED) is 0.575. The van der Waals surface area contributed by atoms with Gasteiger partial charge in [0.25, 0.3) is 5.91 Å². The largest absolute Gasteiger partial charge is 0.386 e. The fourth-order valence-electron chi connectivity index (χ4n) is 3.38. The van der Waals surface area contributed by atoms with Gasteiger partial charge in [0.2, 0.25) is 0 Å². The van der Waals surface area contributed by atoms with Gasteiger partial charge in [-0.05, 0) is 6.42 Å². The molecule has 78 valence electrons. The molecule has 1 amide bonds. The Balaban J connectivity index is 2.37. The van der Waals surface area contributed by atoms with E-state index < -0.39 is 16.7 Å². The second kappa shape index (κ2) is 2.33. The molecule has 1 fully saturated rings. The lowest BCUT2D eigenvalue weighted by molar-refractivity contribution is -0.126. The fourth-order valence-corrected chi connectivity index (χ4v) is 3.38. The number of carbonyl (C=O) groups excluding carboxylic acids is 1. The van der Waals surface area contributed by atoms with Crippen molar-refractivity contribution in [3.05, 3.63) is 12.2 Å². The van der Waals surface area contributed by atoms with Crippen molar-refractivity contribution in [1.29, 1.82) is 10.5 Å². The van der Waals surface area contributed by atoms with Gasteiger partial charge in [0, 0.05) is 11.8 Å². The first-order valence-corrected chi connectivity index (χ1v) is 5.03. The third-order valence-corrected chi connectivity index (χ3v) is 4.13. The number of allylic oxidation sites excluding steroid dienone is 2. The molecule has 0 aromatic rings. The second-order valence-corrected chi connectivity index (χ2v) is 4.48. The van der Waals surface area contributed by atoms with Gasteiger partial charge in [-0.2, -0.15) is 15.5 Å². The van der Waals surface area contributed by atoms with Crippen LogP contribution in [0.2, 0.25) is 0 Å². The average Bonchev–Trinajstić information content (AvgIpc) is 2.89. The molecule has 0 spiro atoms. The van der Waals surface area contributed by atoms with Crippen molar-refractivity contribution in [3.63, 3.8) is 0 Å². The van der Waals surface area contributed by atoms with Crippen molar-refractivity contribution in [2.24, 2.45) is 33.4 Å². The highest BCUT2D eigenvalue weighted by Gasteiger charge is 2.76. The van der Waals surface area contributed by atoms with E-state index >= 15 is 0 Å². The van der Waals surface area contributed by atoms with Gasteiger partial charge in [0.15, 0.2) is 5.41 Å². The number of amides is 1. The highest BCUT2D eigenvalue weighted by molar-refractivity contribution is 6.12. The van der Waals surface area contributed by atoms with Crippen molar-refractivity contribution in [2.75, 3.05) is 0 Å². The first-order chi connectivity index (χ1) is 7.63. The third kappa shape index (κ3) is 0.563. The van der Waals surface area contributed by atoms with Crippen LogP contribution >= 0.6 is 0 Å². The summed E-state index contributed by atoms with van der Waals surface area (Å²) in [5.41, 5.74) is 3.13. The first kappa shape index (κ1) is 9.11. The number of nitrogens with zero attached hydrogens (tertiary/aromatic N) is 3. The molecular weight excluding hydrogens is 204 g/mol. The van der Waals surface area contributed by atoms with Crippen molar-refractivity contribution in [2.45, 2.75) is 6.42 Å². The van der Waals surface area contributed by atoms with Gasteiger partial charge in [0.1, 0.15) is 11.3 Å². The molecule has 3 aliphatic rings. The predicted octanol–water partition coefficient (Wildman–Crippen LogP) is 0.110. The molecule has 1 heterocycles. The minimum absolute atomic E-state index is 0.0124. The van der Waals surface area contributed by atoms with Gasteiger partial charge < -0.3 is 5.73 Å². The molecule has 0 unspecified atom stereocenters. The summed E-state index contributed by atoms with van der Waals surface area (Å²) in [7, 11) is 0. The number of nitrogens with two attached hydrogens (primary N) is 1. The summed E-state index contributed by atoms with van der Waals surface area (Å²) < 4.78 is 0. The number of fused-ring (bicyclic) bond motifs is 5. The van der Waals surface area contributed by atoms with Crippen LogP contribution in [0.3, 0.4) is 0 Å². The molecule has 5 heteroatoms. The molecule has 3 rings (SSSR count). The number of amidine groups is 1. The van der Waals surface area contributed by atoms with E-state index in [0.717, 1.165) is 0 Å². The summed E-state index contributed by atoms with van der Waals surface area (Å²) in [4.78, 5) is 15.6. The molecule has 0 radical (unpaired) electrons. The molecule has 1 saturated carbocycles. The summed E-state index contributed by atoms with van der Waals surface area (Å²) in [5.74, 6) is -0.916. The van der Waals surface area contributed by atoms with E-state index in [-0.39, 0.29) is 17.7 Å². The van der Waals surface area contributed by atoms with Gasteiger partial charge >= 0.3 is 0 Å². The molecule has 0 aromatic carbocycles. The Hall–Kier alpha value is -2.14. The zero-order valence-electron chi connectivity index (χ0n) is 8.34. The van der Waals surface area contributed by atoms with Gasteiger partial charge in [-0.1, -0.05) is 12.2 Å².